The molecular formula is C40H46Cl2FN3O6. The number of hydrogen-bond acceptors (Lipinski definition) is 6. The molecule has 52 heavy (non-hydrogen) atoms. The molecule has 3 aromatic carbocycles. The first-order valence-corrected chi connectivity index (χ1v) is 18.5. The first-order chi connectivity index (χ1) is 24.5. The molecule has 2 heterocycles. The molecule has 278 valence electrons. The van der Waals surface area contributed by atoms with Crippen LogP contribution in [-0.4, -0.2) is 59.8 Å². The molecule has 0 bridgehead atoms. The molecule has 9 nitrogen and oxygen atoms in total. The Hall–Kier alpha value is -3.86. The van der Waals surface area contributed by atoms with E-state index in [9.17, 15) is 24.6 Å². The highest BCUT2D eigenvalue weighted by Crippen LogP contribution is 2.59. The van der Waals surface area contributed by atoms with Gasteiger partial charge in [-0.1, -0.05) is 62.2 Å². The zero-order valence-electron chi connectivity index (χ0n) is 30.0. The van der Waals surface area contributed by atoms with Gasteiger partial charge in [0.15, 0.2) is 0 Å². The fourth-order valence-electron chi connectivity index (χ4n) is 9.03. The number of anilines is 2. The molecule has 0 radical (unpaired) electrons. The van der Waals surface area contributed by atoms with Crippen molar-refractivity contribution in [3.63, 3.8) is 0 Å². The zero-order chi connectivity index (χ0) is 37.7. The summed E-state index contributed by atoms with van der Waals surface area (Å²) in [7, 11) is 1.40. The van der Waals surface area contributed by atoms with E-state index in [-0.39, 0.29) is 51.4 Å². The highest BCUT2D eigenvalue weighted by atomic mass is 35.5. The van der Waals surface area contributed by atoms with Crippen molar-refractivity contribution < 1.29 is 33.7 Å². The number of nitrogens with zero attached hydrogens (tertiary/aromatic N) is 1. The summed E-state index contributed by atoms with van der Waals surface area (Å²) in [6.45, 7) is 9.03. The Morgan fingerprint density at radius 3 is 2.40 bits per heavy atom. The van der Waals surface area contributed by atoms with Crippen molar-refractivity contribution in [2.45, 2.75) is 89.3 Å². The SMILES string of the molecule is COc1cc(C(=O)O)ccc1NC(=O)[C@@H]1N[C@@H](CC(C)(C)C)[C@@]2(CN([C@@H](C)[C@H]3CC[C@H](C(=O)O)CC3)c3cc(Cl)ccc32)[C@H]1c1cccc(Cl)c1F. The van der Waals surface area contributed by atoms with E-state index >= 15 is 4.39 Å². The van der Waals surface area contributed by atoms with E-state index in [0.29, 0.717) is 36.4 Å². The molecule has 0 aromatic heterocycles. The van der Waals surface area contributed by atoms with Crippen molar-refractivity contribution in [1.29, 1.82) is 0 Å². The van der Waals surface area contributed by atoms with Gasteiger partial charge in [0.2, 0.25) is 5.91 Å². The summed E-state index contributed by atoms with van der Waals surface area (Å²) in [6, 6.07) is 13.7. The van der Waals surface area contributed by atoms with Crippen molar-refractivity contribution in [3.8, 4) is 5.75 Å². The monoisotopic (exact) mass is 753 g/mol. The molecule has 1 spiro atoms. The van der Waals surface area contributed by atoms with Crippen molar-refractivity contribution in [2.24, 2.45) is 17.3 Å². The minimum Gasteiger partial charge on any atom is -0.495 e. The van der Waals surface area contributed by atoms with Crippen LogP contribution in [0.2, 0.25) is 10.0 Å². The average molecular weight is 755 g/mol. The number of carbonyl (C=O) groups is 3. The molecule has 2 fully saturated rings. The number of rotatable bonds is 9. The van der Waals surface area contributed by atoms with Crippen LogP contribution in [0, 0.1) is 23.1 Å². The quantitative estimate of drug-likeness (QED) is 0.172. The Balaban J connectivity index is 1.50. The maximum atomic E-state index is 16.5. The van der Waals surface area contributed by atoms with E-state index in [4.69, 9.17) is 27.9 Å². The molecule has 2 aliphatic heterocycles. The third kappa shape index (κ3) is 6.97. The Morgan fingerprint density at radius 1 is 1.06 bits per heavy atom. The van der Waals surface area contributed by atoms with Gasteiger partial charge in [0.25, 0.3) is 0 Å². The first kappa shape index (κ1) is 37.9. The van der Waals surface area contributed by atoms with Gasteiger partial charge in [-0.15, -0.1) is 0 Å². The van der Waals surface area contributed by atoms with Crippen molar-refractivity contribution in [2.75, 3.05) is 23.9 Å². The number of aromatic carboxylic acids is 1. The van der Waals surface area contributed by atoms with Crippen molar-refractivity contribution in [1.82, 2.24) is 5.32 Å². The molecule has 6 rings (SSSR count). The lowest BCUT2D eigenvalue weighted by Gasteiger charge is -2.42. The van der Waals surface area contributed by atoms with Gasteiger partial charge in [-0.3, -0.25) is 9.59 Å². The minimum absolute atomic E-state index is 0.00336. The van der Waals surface area contributed by atoms with Crippen LogP contribution in [-0.2, 0) is 15.0 Å². The molecule has 3 aromatic rings. The van der Waals surface area contributed by atoms with Crippen LogP contribution in [0.4, 0.5) is 15.8 Å². The largest absolute Gasteiger partial charge is 0.495 e. The van der Waals surface area contributed by atoms with E-state index in [1.165, 1.54) is 31.4 Å². The summed E-state index contributed by atoms with van der Waals surface area (Å²) in [5.41, 5.74) is 1.41. The second-order valence-electron chi connectivity index (χ2n) is 15.8. The van der Waals surface area contributed by atoms with Gasteiger partial charge in [-0.2, -0.15) is 0 Å². The molecule has 5 atom stereocenters. The first-order valence-electron chi connectivity index (χ1n) is 17.8. The van der Waals surface area contributed by atoms with Crippen LogP contribution in [0.15, 0.2) is 54.6 Å². The number of benzene rings is 3. The van der Waals surface area contributed by atoms with Gasteiger partial charge in [0.1, 0.15) is 11.6 Å². The third-order valence-electron chi connectivity index (χ3n) is 11.5. The molecule has 12 heteroatoms. The number of ether oxygens (including phenoxy) is 1. The zero-order valence-corrected chi connectivity index (χ0v) is 31.5. The summed E-state index contributed by atoms with van der Waals surface area (Å²) >= 11 is 13.2. The van der Waals surface area contributed by atoms with E-state index in [0.717, 1.165) is 24.1 Å². The smallest absolute Gasteiger partial charge is 0.335 e. The van der Waals surface area contributed by atoms with Crippen LogP contribution in [0.25, 0.3) is 0 Å². The number of halogens is 3. The van der Waals surface area contributed by atoms with E-state index in [1.807, 2.05) is 18.2 Å². The third-order valence-corrected chi connectivity index (χ3v) is 12.0. The predicted molar refractivity (Wildman–Crippen MR) is 201 cm³/mol. The fourth-order valence-corrected chi connectivity index (χ4v) is 9.38. The molecular weight excluding hydrogens is 708 g/mol. The van der Waals surface area contributed by atoms with E-state index in [2.05, 4.69) is 43.2 Å². The van der Waals surface area contributed by atoms with Crippen molar-refractivity contribution in [3.05, 3.63) is 87.2 Å². The molecule has 0 unspecified atom stereocenters. The maximum Gasteiger partial charge on any atom is 0.335 e. The van der Waals surface area contributed by atoms with Crippen LogP contribution in [0.1, 0.15) is 87.2 Å². The molecule has 3 aliphatic rings. The summed E-state index contributed by atoms with van der Waals surface area (Å²) in [6.07, 6.45) is 3.38. The lowest BCUT2D eigenvalue weighted by atomic mass is 9.63. The van der Waals surface area contributed by atoms with Crippen LogP contribution >= 0.6 is 23.2 Å². The number of carboxylic acid groups (broad SMARTS) is 2. The highest BCUT2D eigenvalue weighted by molar-refractivity contribution is 6.31. The second-order valence-corrected chi connectivity index (χ2v) is 16.7. The lowest BCUT2D eigenvalue weighted by Crippen LogP contribution is -2.50. The number of methoxy groups -OCH3 is 1. The van der Waals surface area contributed by atoms with Gasteiger partial charge in [-0.25, -0.2) is 9.18 Å². The van der Waals surface area contributed by atoms with Gasteiger partial charge >= 0.3 is 11.9 Å². The van der Waals surface area contributed by atoms with Gasteiger partial charge in [0, 0.05) is 40.7 Å². The van der Waals surface area contributed by atoms with Crippen LogP contribution < -0.4 is 20.3 Å². The maximum absolute atomic E-state index is 16.5. The Morgan fingerprint density at radius 2 is 1.77 bits per heavy atom. The predicted octanol–water partition coefficient (Wildman–Crippen LogP) is 8.38. The summed E-state index contributed by atoms with van der Waals surface area (Å²) in [4.78, 5) is 40.4. The highest BCUT2D eigenvalue weighted by Gasteiger charge is 2.63. The topological polar surface area (TPSA) is 128 Å². The lowest BCUT2D eigenvalue weighted by molar-refractivity contribution is -0.143. The second kappa shape index (κ2) is 14.5. The fraction of sp³-hybridized carbons (Fsp3) is 0.475. The summed E-state index contributed by atoms with van der Waals surface area (Å²) < 4.78 is 22.0. The Bertz CT molecular complexity index is 1880. The normalized spacial score (nSPS) is 26.2. The Kier molecular flexibility index (Phi) is 10.6. The molecule has 4 N–H and O–H groups in total. The van der Waals surface area contributed by atoms with Crippen LogP contribution in [0.3, 0.4) is 0 Å². The van der Waals surface area contributed by atoms with E-state index < -0.39 is 41.0 Å². The number of hydrogen-bond donors (Lipinski definition) is 4. The van der Waals surface area contributed by atoms with Gasteiger partial charge in [0.05, 0.1) is 35.3 Å². The van der Waals surface area contributed by atoms with E-state index in [1.54, 1.807) is 12.1 Å². The number of aliphatic carboxylic acids is 1. The van der Waals surface area contributed by atoms with Crippen LogP contribution in [0.5, 0.6) is 5.75 Å². The summed E-state index contributed by atoms with van der Waals surface area (Å²) in [5.74, 6) is -3.62. The standard InChI is InChI=1S/C40H46Cl2FN3O6/c1-21(22-9-11-23(12-10-22)37(48)49)46-20-40(27-15-14-25(41)18-30(27)46)32(19-39(2,3)4)45-35(33(40)26-7-6-8-28(42)34(26)43)36(47)44-29-16-13-24(38(50)51)17-31(29)52-5/h6-8,13-18,21-23,32-33,35,45H,9-12,19-20H2,1-5H3,(H,44,47)(H,48,49)(H,50,51)/t21-,22-,23-,32-,33-,35+,40-/m0/s1. The number of nitrogens with one attached hydrogen (secondary N) is 2. The number of carboxylic acids is 2. The average Bonchev–Trinajstić information content (AvgIpc) is 3.59. The summed E-state index contributed by atoms with van der Waals surface area (Å²) in [5, 5.41) is 26.4. The Labute approximate surface area is 313 Å². The molecule has 1 aliphatic carbocycles. The van der Waals surface area contributed by atoms with Gasteiger partial charge in [-0.05, 0) is 97.9 Å². The van der Waals surface area contributed by atoms with Crippen molar-refractivity contribution >= 4 is 52.4 Å². The number of fused-ring (bicyclic) bond motifs is 2. The minimum atomic E-state index is -1.13. The molecule has 1 saturated heterocycles. The number of carbonyl (C=O) groups excluding carboxylic acids is 1. The molecule has 1 amide bonds. The van der Waals surface area contributed by atoms with Gasteiger partial charge < -0.3 is 30.5 Å². The number of amides is 1. The molecule has 1 saturated carbocycles.